The molecule has 0 spiro atoms. The summed E-state index contributed by atoms with van der Waals surface area (Å²) in [5, 5.41) is 13.2. The summed E-state index contributed by atoms with van der Waals surface area (Å²) in [6.07, 6.45) is -2.44. The third kappa shape index (κ3) is 5.38. The van der Waals surface area contributed by atoms with Crippen LogP contribution in [0.1, 0.15) is 27.2 Å². The van der Waals surface area contributed by atoms with Gasteiger partial charge in [0.05, 0.1) is 13.0 Å². The number of aliphatic hydroxyl groups excluding tert-OH is 1. The summed E-state index contributed by atoms with van der Waals surface area (Å²) in [5.41, 5.74) is -0.772. The molecule has 1 aliphatic heterocycles. The van der Waals surface area contributed by atoms with Crippen LogP contribution in [0.5, 0.6) is 0 Å². The average Bonchev–Trinajstić information content (AvgIpc) is 2.62. The molecule has 3 amide bonds. The summed E-state index contributed by atoms with van der Waals surface area (Å²) < 4.78 is 9.70. The summed E-state index contributed by atoms with van der Waals surface area (Å²) in [6, 6.07) is -1.39. The quantitative estimate of drug-likeness (QED) is 0.440. The lowest BCUT2D eigenvalue weighted by Gasteiger charge is -2.22. The van der Waals surface area contributed by atoms with Gasteiger partial charge in [0, 0.05) is 0 Å². The smallest absolute Gasteiger partial charge is 0.408 e. The number of ether oxygens (including phenoxy) is 2. The third-order valence-electron chi connectivity index (χ3n) is 2.34. The molecule has 0 aliphatic carbocycles. The Morgan fingerprint density at radius 3 is 2.48 bits per heavy atom. The molecular formula is C12H18N2O7. The Kier molecular flexibility index (Phi) is 5.25. The highest BCUT2D eigenvalue weighted by Gasteiger charge is 2.36. The number of hydrogen-bond acceptors (Lipinski definition) is 7. The molecule has 0 bridgehead atoms. The molecule has 9 heteroatoms. The maximum absolute atomic E-state index is 11.7. The Morgan fingerprint density at radius 2 is 2.05 bits per heavy atom. The van der Waals surface area contributed by atoms with Crippen LogP contribution in [0.3, 0.4) is 0 Å². The van der Waals surface area contributed by atoms with E-state index in [9.17, 15) is 19.2 Å². The van der Waals surface area contributed by atoms with Crippen molar-refractivity contribution >= 4 is 23.9 Å². The standard InChI is InChI=1S/C12H18N2O7/c1-12(2,3)21-11(19)13-6(5-15)10(18)20-7-4-8(16)14-9(7)17/h6-7,15H,4-5H2,1-3H3,(H,13,19)(H,14,16,17)/t6-,7+/m0/s1. The molecule has 0 radical (unpaired) electrons. The van der Waals surface area contributed by atoms with Crippen molar-refractivity contribution in [3.8, 4) is 0 Å². The van der Waals surface area contributed by atoms with E-state index in [0.29, 0.717) is 0 Å². The predicted molar refractivity (Wildman–Crippen MR) is 67.9 cm³/mol. The number of rotatable bonds is 4. The number of nitrogens with one attached hydrogen (secondary N) is 2. The zero-order valence-corrected chi connectivity index (χ0v) is 12.0. The molecule has 0 unspecified atom stereocenters. The van der Waals surface area contributed by atoms with Crippen LogP contribution in [0.15, 0.2) is 0 Å². The van der Waals surface area contributed by atoms with Crippen molar-refractivity contribution in [2.24, 2.45) is 0 Å². The summed E-state index contributed by atoms with van der Waals surface area (Å²) in [7, 11) is 0. The number of hydrogen-bond donors (Lipinski definition) is 3. The molecule has 0 aromatic carbocycles. The minimum absolute atomic E-state index is 0.283. The van der Waals surface area contributed by atoms with Gasteiger partial charge in [0.15, 0.2) is 12.1 Å². The van der Waals surface area contributed by atoms with Crippen LogP contribution in [0.2, 0.25) is 0 Å². The fraction of sp³-hybridized carbons (Fsp3) is 0.667. The number of alkyl carbamates (subject to hydrolysis) is 1. The van der Waals surface area contributed by atoms with Gasteiger partial charge in [-0.1, -0.05) is 0 Å². The van der Waals surface area contributed by atoms with E-state index in [4.69, 9.17) is 14.6 Å². The van der Waals surface area contributed by atoms with E-state index in [1.807, 2.05) is 5.32 Å². The number of imide groups is 1. The second-order valence-corrected chi connectivity index (χ2v) is 5.42. The second kappa shape index (κ2) is 6.53. The van der Waals surface area contributed by atoms with Gasteiger partial charge in [0.25, 0.3) is 5.91 Å². The van der Waals surface area contributed by atoms with Gasteiger partial charge in [-0.2, -0.15) is 0 Å². The van der Waals surface area contributed by atoms with Crippen molar-refractivity contribution in [2.45, 2.75) is 44.9 Å². The van der Waals surface area contributed by atoms with Crippen LogP contribution in [0.4, 0.5) is 4.79 Å². The molecule has 0 aromatic rings. The lowest BCUT2D eigenvalue weighted by atomic mass is 10.2. The first-order valence-corrected chi connectivity index (χ1v) is 6.27. The number of amides is 3. The minimum atomic E-state index is -1.39. The molecule has 118 valence electrons. The van der Waals surface area contributed by atoms with E-state index in [1.54, 1.807) is 20.8 Å². The van der Waals surface area contributed by atoms with E-state index in [1.165, 1.54) is 0 Å². The van der Waals surface area contributed by atoms with Crippen LogP contribution in [0, 0.1) is 0 Å². The highest BCUT2D eigenvalue weighted by atomic mass is 16.6. The number of aliphatic hydroxyl groups is 1. The molecule has 3 N–H and O–H groups in total. The SMILES string of the molecule is CC(C)(C)OC(=O)N[C@@H](CO)C(=O)O[C@@H]1CC(=O)NC1=O. The predicted octanol–water partition coefficient (Wildman–Crippen LogP) is -1.17. The van der Waals surface area contributed by atoms with Gasteiger partial charge in [-0.15, -0.1) is 0 Å². The highest BCUT2D eigenvalue weighted by Crippen LogP contribution is 2.09. The fourth-order valence-corrected chi connectivity index (χ4v) is 1.48. The first kappa shape index (κ1) is 16.9. The zero-order valence-electron chi connectivity index (χ0n) is 12.0. The van der Waals surface area contributed by atoms with Gasteiger partial charge in [0.1, 0.15) is 5.60 Å². The summed E-state index contributed by atoms with van der Waals surface area (Å²) in [6.45, 7) is 4.16. The first-order valence-electron chi connectivity index (χ1n) is 6.27. The van der Waals surface area contributed by atoms with Crippen LogP contribution in [-0.2, 0) is 23.9 Å². The molecule has 1 fully saturated rings. The molecule has 21 heavy (non-hydrogen) atoms. The maximum Gasteiger partial charge on any atom is 0.408 e. The van der Waals surface area contributed by atoms with Gasteiger partial charge in [-0.3, -0.25) is 14.9 Å². The van der Waals surface area contributed by atoms with E-state index in [-0.39, 0.29) is 6.42 Å². The summed E-state index contributed by atoms with van der Waals surface area (Å²) in [5.74, 6) is -2.32. The van der Waals surface area contributed by atoms with Crippen LogP contribution >= 0.6 is 0 Å². The lowest BCUT2D eigenvalue weighted by Crippen LogP contribution is -2.47. The van der Waals surface area contributed by atoms with Crippen LogP contribution < -0.4 is 10.6 Å². The normalized spacial score (nSPS) is 19.7. The van der Waals surface area contributed by atoms with Gasteiger partial charge < -0.3 is 19.9 Å². The van der Waals surface area contributed by atoms with E-state index in [2.05, 4.69) is 5.32 Å². The van der Waals surface area contributed by atoms with Crippen molar-refractivity contribution in [2.75, 3.05) is 6.61 Å². The maximum atomic E-state index is 11.7. The van der Waals surface area contributed by atoms with Gasteiger partial charge in [-0.25, -0.2) is 9.59 Å². The molecule has 1 rings (SSSR count). The number of carbonyl (C=O) groups is 4. The fourth-order valence-electron chi connectivity index (χ4n) is 1.48. The first-order chi connectivity index (χ1) is 9.62. The monoisotopic (exact) mass is 302 g/mol. The topological polar surface area (TPSA) is 131 Å². The third-order valence-corrected chi connectivity index (χ3v) is 2.34. The molecule has 9 nitrogen and oxygen atoms in total. The molecule has 1 heterocycles. The number of carbonyl (C=O) groups excluding carboxylic acids is 4. The van der Waals surface area contributed by atoms with Crippen molar-refractivity contribution < 1.29 is 33.8 Å². The summed E-state index contributed by atoms with van der Waals surface area (Å²) in [4.78, 5) is 45.5. The zero-order chi connectivity index (χ0) is 16.2. The van der Waals surface area contributed by atoms with Crippen LogP contribution in [-0.4, -0.2) is 53.3 Å². The van der Waals surface area contributed by atoms with Crippen molar-refractivity contribution in [3.05, 3.63) is 0 Å². The lowest BCUT2D eigenvalue weighted by molar-refractivity contribution is -0.156. The van der Waals surface area contributed by atoms with Crippen molar-refractivity contribution in [3.63, 3.8) is 0 Å². The largest absolute Gasteiger partial charge is 0.450 e. The molecular weight excluding hydrogens is 284 g/mol. The Balaban J connectivity index is 2.55. The molecule has 0 saturated carbocycles. The molecule has 1 saturated heterocycles. The molecule has 2 atom stereocenters. The minimum Gasteiger partial charge on any atom is -0.450 e. The second-order valence-electron chi connectivity index (χ2n) is 5.42. The Hall–Kier alpha value is -2.16. The number of esters is 1. The van der Waals surface area contributed by atoms with Crippen molar-refractivity contribution in [1.82, 2.24) is 10.6 Å². The Morgan fingerprint density at radius 1 is 1.43 bits per heavy atom. The highest BCUT2D eigenvalue weighted by molar-refractivity contribution is 6.05. The van der Waals surface area contributed by atoms with Gasteiger partial charge in [-0.05, 0) is 20.8 Å². The van der Waals surface area contributed by atoms with Crippen LogP contribution in [0.25, 0.3) is 0 Å². The Bertz CT molecular complexity index is 455. The van der Waals surface area contributed by atoms with E-state index < -0.39 is 48.2 Å². The van der Waals surface area contributed by atoms with E-state index in [0.717, 1.165) is 0 Å². The average molecular weight is 302 g/mol. The summed E-state index contributed by atoms with van der Waals surface area (Å²) >= 11 is 0. The molecule has 0 aromatic heterocycles. The van der Waals surface area contributed by atoms with Gasteiger partial charge in [0.2, 0.25) is 5.91 Å². The van der Waals surface area contributed by atoms with E-state index >= 15 is 0 Å². The van der Waals surface area contributed by atoms with Crippen molar-refractivity contribution in [1.29, 1.82) is 0 Å². The Labute approximate surface area is 121 Å². The van der Waals surface area contributed by atoms with Gasteiger partial charge >= 0.3 is 12.1 Å². The molecule has 1 aliphatic rings.